The van der Waals surface area contributed by atoms with E-state index < -0.39 is 10.0 Å². The fourth-order valence-corrected chi connectivity index (χ4v) is 6.38. The summed E-state index contributed by atoms with van der Waals surface area (Å²) < 4.78 is 39.6. The fraction of sp³-hybridized carbons (Fsp3) is 0.412. The van der Waals surface area contributed by atoms with Crippen molar-refractivity contribution >= 4 is 21.4 Å². The summed E-state index contributed by atoms with van der Waals surface area (Å²) in [6.45, 7) is 3.47. The Balaban J connectivity index is 1.74. The van der Waals surface area contributed by atoms with Crippen molar-refractivity contribution < 1.29 is 17.9 Å². The summed E-state index contributed by atoms with van der Waals surface area (Å²) in [5.41, 5.74) is 1.88. The summed E-state index contributed by atoms with van der Waals surface area (Å²) >= 11 is 1.28. The van der Waals surface area contributed by atoms with Crippen molar-refractivity contribution in [2.75, 3.05) is 19.8 Å². The van der Waals surface area contributed by atoms with Gasteiger partial charge in [0.05, 0.1) is 6.04 Å². The van der Waals surface area contributed by atoms with E-state index in [0.29, 0.717) is 35.5 Å². The molecule has 7 heteroatoms. The van der Waals surface area contributed by atoms with E-state index in [4.69, 9.17) is 9.47 Å². The lowest BCUT2D eigenvalue weighted by molar-refractivity contribution is 0.167. The summed E-state index contributed by atoms with van der Waals surface area (Å²) in [7, 11) is -3.49. The molecule has 0 bridgehead atoms. The molecule has 1 atom stereocenters. The van der Waals surface area contributed by atoms with Crippen LogP contribution in [0.5, 0.6) is 11.5 Å². The third-order valence-corrected chi connectivity index (χ3v) is 7.87. The SMILES string of the molecule is Cc1csc(S(=O)(=O)N2CCCC2c2cccc3c2OCCO3)c1. The smallest absolute Gasteiger partial charge is 0.253 e. The van der Waals surface area contributed by atoms with Crippen molar-refractivity contribution in [1.29, 1.82) is 0 Å². The van der Waals surface area contributed by atoms with Crippen molar-refractivity contribution in [2.24, 2.45) is 0 Å². The maximum Gasteiger partial charge on any atom is 0.253 e. The molecule has 1 unspecified atom stereocenters. The molecule has 0 saturated carbocycles. The number of aryl methyl sites for hydroxylation is 1. The van der Waals surface area contributed by atoms with Gasteiger partial charge in [-0.25, -0.2) is 8.42 Å². The van der Waals surface area contributed by atoms with Crippen LogP contribution in [0.25, 0.3) is 0 Å². The van der Waals surface area contributed by atoms with Crippen LogP contribution in [0.1, 0.15) is 30.0 Å². The average molecular weight is 365 g/mol. The van der Waals surface area contributed by atoms with Crippen LogP contribution < -0.4 is 9.47 Å². The minimum absolute atomic E-state index is 0.200. The minimum atomic E-state index is -3.49. The van der Waals surface area contributed by atoms with Crippen molar-refractivity contribution in [3.8, 4) is 11.5 Å². The maximum atomic E-state index is 13.1. The van der Waals surface area contributed by atoms with Crippen LogP contribution >= 0.6 is 11.3 Å². The lowest BCUT2D eigenvalue weighted by atomic mass is 10.0. The minimum Gasteiger partial charge on any atom is -0.486 e. The number of rotatable bonds is 3. The number of thiophene rings is 1. The summed E-state index contributed by atoms with van der Waals surface area (Å²) in [6, 6.07) is 7.27. The molecule has 128 valence electrons. The quantitative estimate of drug-likeness (QED) is 0.837. The molecule has 24 heavy (non-hydrogen) atoms. The first-order chi connectivity index (χ1) is 11.6. The molecule has 0 amide bonds. The zero-order chi connectivity index (χ0) is 16.7. The van der Waals surface area contributed by atoms with E-state index in [1.54, 1.807) is 10.4 Å². The van der Waals surface area contributed by atoms with Crippen LogP contribution in [-0.2, 0) is 10.0 Å². The Hall–Kier alpha value is -1.57. The van der Waals surface area contributed by atoms with E-state index in [1.807, 2.05) is 30.5 Å². The molecule has 2 aliphatic rings. The normalized spacial score (nSPS) is 21.1. The van der Waals surface area contributed by atoms with Gasteiger partial charge in [-0.15, -0.1) is 11.3 Å². The highest BCUT2D eigenvalue weighted by molar-refractivity contribution is 7.91. The molecule has 5 nitrogen and oxygen atoms in total. The molecule has 1 aromatic carbocycles. The van der Waals surface area contributed by atoms with Gasteiger partial charge in [-0.1, -0.05) is 12.1 Å². The van der Waals surface area contributed by atoms with Gasteiger partial charge < -0.3 is 9.47 Å². The van der Waals surface area contributed by atoms with E-state index in [9.17, 15) is 8.42 Å². The monoisotopic (exact) mass is 365 g/mol. The lowest BCUT2D eigenvalue weighted by Gasteiger charge is -2.28. The molecule has 4 rings (SSSR count). The number of benzene rings is 1. The third-order valence-electron chi connectivity index (χ3n) is 4.43. The molecule has 1 fully saturated rings. The van der Waals surface area contributed by atoms with E-state index in [0.717, 1.165) is 24.0 Å². The summed E-state index contributed by atoms with van der Waals surface area (Å²) in [5.74, 6) is 1.40. The second-order valence-electron chi connectivity index (χ2n) is 6.09. The van der Waals surface area contributed by atoms with Crippen LogP contribution in [0.3, 0.4) is 0 Å². The molecule has 0 radical (unpaired) electrons. The molecule has 2 aliphatic heterocycles. The van der Waals surface area contributed by atoms with Crippen molar-refractivity contribution in [3.63, 3.8) is 0 Å². The summed E-state index contributed by atoms with van der Waals surface area (Å²) in [5, 5.41) is 1.87. The predicted molar refractivity (Wildman–Crippen MR) is 92.4 cm³/mol. The number of hydrogen-bond acceptors (Lipinski definition) is 5. The second-order valence-corrected chi connectivity index (χ2v) is 9.12. The van der Waals surface area contributed by atoms with Crippen LogP contribution in [0.2, 0.25) is 0 Å². The molecular weight excluding hydrogens is 346 g/mol. The zero-order valence-electron chi connectivity index (χ0n) is 13.4. The molecular formula is C17H19NO4S2. The summed E-state index contributed by atoms with van der Waals surface area (Å²) in [6.07, 6.45) is 1.64. The Kier molecular flexibility index (Phi) is 4.02. The van der Waals surface area contributed by atoms with Crippen LogP contribution in [0.4, 0.5) is 0 Å². The number of para-hydroxylation sites is 1. The van der Waals surface area contributed by atoms with Gasteiger partial charge in [0.15, 0.2) is 11.5 Å². The number of hydrogen-bond donors (Lipinski definition) is 0. The van der Waals surface area contributed by atoms with E-state index in [1.165, 1.54) is 11.3 Å². The fourth-order valence-electron chi connectivity index (χ4n) is 3.35. The highest BCUT2D eigenvalue weighted by Crippen LogP contribution is 2.45. The standard InChI is InChI=1S/C17H19NO4S2/c1-12-10-16(23-11-12)24(19,20)18-7-3-5-14(18)13-4-2-6-15-17(13)22-9-8-21-15/h2,4,6,10-11,14H,3,5,7-9H2,1H3. The van der Waals surface area contributed by atoms with Crippen molar-refractivity contribution in [2.45, 2.75) is 30.0 Å². The largest absolute Gasteiger partial charge is 0.486 e. The molecule has 1 saturated heterocycles. The van der Waals surface area contributed by atoms with Gasteiger partial charge in [-0.3, -0.25) is 0 Å². The van der Waals surface area contributed by atoms with Crippen molar-refractivity contribution in [1.82, 2.24) is 4.31 Å². The van der Waals surface area contributed by atoms with Crippen LogP contribution in [0, 0.1) is 6.92 Å². The van der Waals surface area contributed by atoms with E-state index in [2.05, 4.69) is 0 Å². The van der Waals surface area contributed by atoms with E-state index in [-0.39, 0.29) is 6.04 Å². The molecule has 0 spiro atoms. The maximum absolute atomic E-state index is 13.1. The topological polar surface area (TPSA) is 55.8 Å². The van der Waals surface area contributed by atoms with Gasteiger partial charge in [0.1, 0.15) is 17.4 Å². The number of ether oxygens (including phenoxy) is 2. The molecule has 1 aromatic heterocycles. The Morgan fingerprint density at radius 3 is 2.88 bits per heavy atom. The van der Waals surface area contributed by atoms with Gasteiger partial charge in [-0.05, 0) is 42.8 Å². The first-order valence-electron chi connectivity index (χ1n) is 8.03. The first-order valence-corrected chi connectivity index (χ1v) is 10.3. The lowest BCUT2D eigenvalue weighted by Crippen LogP contribution is -2.31. The zero-order valence-corrected chi connectivity index (χ0v) is 15.0. The van der Waals surface area contributed by atoms with Gasteiger partial charge in [0.25, 0.3) is 10.0 Å². The van der Waals surface area contributed by atoms with Gasteiger partial charge in [-0.2, -0.15) is 4.31 Å². The molecule has 0 aliphatic carbocycles. The molecule has 3 heterocycles. The Morgan fingerprint density at radius 1 is 1.25 bits per heavy atom. The summed E-state index contributed by atoms with van der Waals surface area (Å²) in [4.78, 5) is 0. The first kappa shape index (κ1) is 15.9. The highest BCUT2D eigenvalue weighted by Gasteiger charge is 2.39. The van der Waals surface area contributed by atoms with Gasteiger partial charge in [0, 0.05) is 12.1 Å². The number of fused-ring (bicyclic) bond motifs is 1. The highest BCUT2D eigenvalue weighted by atomic mass is 32.2. The Labute approximate surface area is 145 Å². The van der Waals surface area contributed by atoms with Gasteiger partial charge in [0.2, 0.25) is 0 Å². The van der Waals surface area contributed by atoms with Crippen LogP contribution in [-0.4, -0.2) is 32.5 Å². The second kappa shape index (κ2) is 6.06. The Bertz CT molecular complexity index is 859. The molecule has 2 aromatic rings. The van der Waals surface area contributed by atoms with Crippen LogP contribution in [0.15, 0.2) is 33.9 Å². The van der Waals surface area contributed by atoms with Gasteiger partial charge >= 0.3 is 0 Å². The number of sulfonamides is 1. The van der Waals surface area contributed by atoms with E-state index >= 15 is 0 Å². The average Bonchev–Trinajstić information content (AvgIpc) is 3.24. The Morgan fingerprint density at radius 2 is 2.08 bits per heavy atom. The number of nitrogens with zero attached hydrogens (tertiary/aromatic N) is 1. The molecule has 0 N–H and O–H groups in total. The van der Waals surface area contributed by atoms with Crippen molar-refractivity contribution in [3.05, 3.63) is 40.8 Å². The predicted octanol–water partition coefficient (Wildman–Crippen LogP) is 3.35. The third kappa shape index (κ3) is 2.60.